The van der Waals surface area contributed by atoms with Gasteiger partial charge in [-0.05, 0) is 54.9 Å². The normalized spacial score (nSPS) is 22.8. The van der Waals surface area contributed by atoms with Crippen LogP contribution in [-0.4, -0.2) is 53.7 Å². The van der Waals surface area contributed by atoms with E-state index in [0.29, 0.717) is 38.8 Å². The van der Waals surface area contributed by atoms with Crippen molar-refractivity contribution in [1.29, 1.82) is 0 Å². The molecule has 0 bridgehead atoms. The number of ether oxygens (including phenoxy) is 1. The van der Waals surface area contributed by atoms with Crippen LogP contribution < -0.4 is 5.32 Å². The van der Waals surface area contributed by atoms with Crippen LogP contribution in [0, 0.1) is 11.3 Å². The number of nitrogens with one attached hydrogen (secondary N) is 1. The zero-order chi connectivity index (χ0) is 23.9. The van der Waals surface area contributed by atoms with Crippen LogP contribution in [0.5, 0.6) is 0 Å². The summed E-state index contributed by atoms with van der Waals surface area (Å²) in [4.78, 5) is 38.4. The minimum Gasteiger partial charge on any atom is -0.481 e. The van der Waals surface area contributed by atoms with Crippen molar-refractivity contribution in [3.8, 4) is 11.1 Å². The number of piperidine rings is 1. The van der Waals surface area contributed by atoms with Crippen LogP contribution in [-0.2, 0) is 14.3 Å². The first-order valence-electron chi connectivity index (χ1n) is 12.0. The molecule has 178 valence electrons. The van der Waals surface area contributed by atoms with E-state index in [0.717, 1.165) is 0 Å². The summed E-state index contributed by atoms with van der Waals surface area (Å²) < 4.78 is 5.60. The molecule has 1 aliphatic heterocycles. The van der Waals surface area contributed by atoms with Gasteiger partial charge in [-0.25, -0.2) is 4.79 Å². The van der Waals surface area contributed by atoms with Crippen LogP contribution in [0.25, 0.3) is 11.1 Å². The van der Waals surface area contributed by atoms with Crippen molar-refractivity contribution in [2.45, 2.75) is 44.6 Å². The van der Waals surface area contributed by atoms with E-state index in [9.17, 15) is 19.5 Å². The number of carbonyl (C=O) groups excluding carboxylic acids is 2. The molecule has 34 heavy (non-hydrogen) atoms. The van der Waals surface area contributed by atoms with Gasteiger partial charge in [0, 0.05) is 31.0 Å². The lowest BCUT2D eigenvalue weighted by molar-refractivity contribution is -0.154. The molecular weight excluding hydrogens is 432 g/mol. The Kier molecular flexibility index (Phi) is 5.80. The van der Waals surface area contributed by atoms with E-state index in [4.69, 9.17) is 4.74 Å². The van der Waals surface area contributed by atoms with Gasteiger partial charge < -0.3 is 20.1 Å². The maximum atomic E-state index is 12.8. The predicted molar refractivity (Wildman–Crippen MR) is 126 cm³/mol. The van der Waals surface area contributed by atoms with E-state index < -0.39 is 17.5 Å². The summed E-state index contributed by atoms with van der Waals surface area (Å²) in [6, 6.07) is 16.4. The van der Waals surface area contributed by atoms with Gasteiger partial charge in [-0.3, -0.25) is 9.59 Å². The second kappa shape index (κ2) is 8.78. The number of nitrogens with zero attached hydrogens (tertiary/aromatic N) is 1. The lowest BCUT2D eigenvalue weighted by Crippen LogP contribution is -2.53. The van der Waals surface area contributed by atoms with Crippen molar-refractivity contribution < 1.29 is 24.2 Å². The van der Waals surface area contributed by atoms with Gasteiger partial charge in [0.15, 0.2) is 0 Å². The zero-order valence-corrected chi connectivity index (χ0v) is 19.3. The molecule has 2 aromatic rings. The second-order valence-corrected chi connectivity index (χ2v) is 10.0. The van der Waals surface area contributed by atoms with E-state index in [1.165, 1.54) is 22.3 Å². The van der Waals surface area contributed by atoms with Crippen molar-refractivity contribution in [2.75, 3.05) is 19.7 Å². The van der Waals surface area contributed by atoms with E-state index in [2.05, 4.69) is 29.6 Å². The molecule has 5 rings (SSSR count). The van der Waals surface area contributed by atoms with Crippen LogP contribution in [0.3, 0.4) is 0 Å². The highest BCUT2D eigenvalue weighted by Gasteiger charge is 2.42. The Morgan fingerprint density at radius 2 is 1.56 bits per heavy atom. The number of hydrogen-bond acceptors (Lipinski definition) is 4. The highest BCUT2D eigenvalue weighted by molar-refractivity contribution is 5.82. The number of amides is 2. The number of fused-ring (bicyclic) bond motifs is 3. The lowest BCUT2D eigenvalue weighted by Gasteiger charge is -2.41. The van der Waals surface area contributed by atoms with Gasteiger partial charge in [0.25, 0.3) is 0 Å². The summed E-state index contributed by atoms with van der Waals surface area (Å²) in [7, 11) is 0. The molecule has 0 spiro atoms. The third-order valence-electron chi connectivity index (χ3n) is 7.85. The highest BCUT2D eigenvalue weighted by atomic mass is 16.5. The fourth-order valence-corrected chi connectivity index (χ4v) is 5.44. The fourth-order valence-electron chi connectivity index (χ4n) is 5.44. The molecule has 2 aliphatic carbocycles. The number of hydrogen-bond donors (Lipinski definition) is 2. The molecule has 2 N–H and O–H groups in total. The summed E-state index contributed by atoms with van der Waals surface area (Å²) in [5.74, 6) is -0.828. The molecule has 2 fully saturated rings. The number of carboxylic acid groups (broad SMARTS) is 1. The Morgan fingerprint density at radius 1 is 1.00 bits per heavy atom. The van der Waals surface area contributed by atoms with Gasteiger partial charge in [0.2, 0.25) is 5.91 Å². The Hall–Kier alpha value is -3.35. The molecule has 2 amide bonds. The van der Waals surface area contributed by atoms with Gasteiger partial charge in [-0.1, -0.05) is 48.5 Å². The molecule has 1 heterocycles. The third kappa shape index (κ3) is 4.04. The highest BCUT2D eigenvalue weighted by Crippen LogP contribution is 2.44. The van der Waals surface area contributed by atoms with Crippen molar-refractivity contribution in [1.82, 2.24) is 10.2 Å². The van der Waals surface area contributed by atoms with Crippen molar-refractivity contribution >= 4 is 18.0 Å². The molecule has 0 atom stereocenters. The maximum absolute atomic E-state index is 12.8. The van der Waals surface area contributed by atoms with Crippen LogP contribution in [0.15, 0.2) is 48.5 Å². The molecule has 2 aromatic carbocycles. The van der Waals surface area contributed by atoms with Gasteiger partial charge in [-0.15, -0.1) is 0 Å². The molecule has 0 aromatic heterocycles. The first-order valence-corrected chi connectivity index (χ1v) is 12.0. The van der Waals surface area contributed by atoms with E-state index >= 15 is 0 Å². The Morgan fingerprint density at radius 3 is 2.12 bits per heavy atom. The molecule has 0 radical (unpaired) electrons. The largest absolute Gasteiger partial charge is 0.481 e. The molecule has 7 nitrogen and oxygen atoms in total. The van der Waals surface area contributed by atoms with Crippen molar-refractivity contribution in [2.24, 2.45) is 11.3 Å². The summed E-state index contributed by atoms with van der Waals surface area (Å²) in [6.45, 7) is 2.96. The second-order valence-electron chi connectivity index (χ2n) is 10.0. The smallest absolute Gasteiger partial charge is 0.407 e. The van der Waals surface area contributed by atoms with Gasteiger partial charge in [0.05, 0.1) is 5.41 Å². The number of likely N-dealkylation sites (tertiary alicyclic amines) is 1. The van der Waals surface area contributed by atoms with Gasteiger partial charge in [-0.2, -0.15) is 0 Å². The lowest BCUT2D eigenvalue weighted by atomic mass is 9.77. The molecular formula is C27H30N2O5. The standard InChI is InChI=1S/C27H30N2O5/c1-27(25(31)32)10-12-29(13-11-27)24(30)17-14-18(15-17)28-26(33)34-16-23-21-8-4-2-6-19(21)20-7-3-5-9-22(20)23/h2-9,17-18,23H,10-16H2,1H3,(H,28,33)(H,31,32). The topological polar surface area (TPSA) is 95.9 Å². The quantitative estimate of drug-likeness (QED) is 0.700. The summed E-state index contributed by atoms with van der Waals surface area (Å²) in [5, 5.41) is 12.3. The van der Waals surface area contributed by atoms with Crippen molar-refractivity contribution in [3.05, 3.63) is 59.7 Å². The Labute approximate surface area is 199 Å². The molecule has 3 aliphatic rings. The zero-order valence-electron chi connectivity index (χ0n) is 19.3. The van der Waals surface area contributed by atoms with Crippen LogP contribution >= 0.6 is 0 Å². The number of carboxylic acids is 1. The number of aliphatic carboxylic acids is 1. The van der Waals surface area contributed by atoms with Gasteiger partial charge in [0.1, 0.15) is 6.61 Å². The first kappa shape index (κ1) is 22.4. The maximum Gasteiger partial charge on any atom is 0.407 e. The molecule has 7 heteroatoms. The van der Waals surface area contributed by atoms with E-state index in [1.807, 2.05) is 24.3 Å². The average Bonchev–Trinajstić information content (AvgIpc) is 3.13. The van der Waals surface area contributed by atoms with Crippen molar-refractivity contribution in [3.63, 3.8) is 0 Å². The summed E-state index contributed by atoms with van der Waals surface area (Å²) >= 11 is 0. The first-order chi connectivity index (χ1) is 16.4. The third-order valence-corrected chi connectivity index (χ3v) is 7.85. The Bertz CT molecular complexity index is 1070. The molecule has 1 saturated heterocycles. The number of alkyl carbamates (subject to hydrolysis) is 1. The Balaban J connectivity index is 1.09. The fraction of sp³-hybridized carbons (Fsp3) is 0.444. The van der Waals surface area contributed by atoms with Crippen LogP contribution in [0.1, 0.15) is 49.7 Å². The van der Waals surface area contributed by atoms with Crippen LogP contribution in [0.2, 0.25) is 0 Å². The SMILES string of the molecule is CC1(C(=O)O)CCN(C(=O)C2CC(NC(=O)OCC3c4ccccc4-c4ccccc43)C2)CC1. The van der Waals surface area contributed by atoms with Crippen LogP contribution in [0.4, 0.5) is 4.79 Å². The monoisotopic (exact) mass is 462 g/mol. The minimum atomic E-state index is -0.796. The van der Waals surface area contributed by atoms with E-state index in [-0.39, 0.29) is 30.4 Å². The van der Waals surface area contributed by atoms with E-state index in [1.54, 1.807) is 11.8 Å². The summed E-state index contributed by atoms with van der Waals surface area (Å²) in [5.41, 5.74) is 3.98. The minimum absolute atomic E-state index is 0.0180. The molecule has 1 saturated carbocycles. The average molecular weight is 463 g/mol. The number of benzene rings is 2. The molecule has 0 unspecified atom stereocenters. The summed E-state index contributed by atoms with van der Waals surface area (Å²) in [6.07, 6.45) is 1.68. The number of rotatable bonds is 5. The number of carbonyl (C=O) groups is 3. The predicted octanol–water partition coefficient (Wildman–Crippen LogP) is 4.02. The van der Waals surface area contributed by atoms with Gasteiger partial charge >= 0.3 is 12.1 Å².